The Morgan fingerprint density at radius 3 is 1.93 bits per heavy atom. The van der Waals surface area contributed by atoms with Crippen LogP contribution in [0.5, 0.6) is 0 Å². The average molecular weight is 387 g/mol. The zero-order valence-corrected chi connectivity index (χ0v) is 16.5. The predicted octanol–water partition coefficient (Wildman–Crippen LogP) is -1.32. The molecule has 10 heteroatoms. The molecule has 0 aliphatic carbocycles. The first kappa shape index (κ1) is 24.8. The van der Waals surface area contributed by atoms with Gasteiger partial charge in [0.25, 0.3) is 0 Å². The summed E-state index contributed by atoms with van der Waals surface area (Å²) in [5, 5.41) is 16.5. The van der Waals surface area contributed by atoms with Gasteiger partial charge in [-0.15, -0.1) is 0 Å². The Hall–Kier alpha value is -2.20. The topological polar surface area (TPSA) is 177 Å². The number of carboxylic acids is 1. The molecular formula is C17H33N5O5. The van der Waals surface area contributed by atoms with Crippen molar-refractivity contribution in [2.75, 3.05) is 6.54 Å². The number of hydrogen-bond acceptors (Lipinski definition) is 6. The molecule has 0 aromatic heterocycles. The molecule has 4 unspecified atom stereocenters. The van der Waals surface area contributed by atoms with E-state index in [1.165, 1.54) is 13.8 Å². The fourth-order valence-electron chi connectivity index (χ4n) is 2.22. The van der Waals surface area contributed by atoms with E-state index in [2.05, 4.69) is 16.0 Å². The fourth-order valence-corrected chi connectivity index (χ4v) is 2.22. The smallest absolute Gasteiger partial charge is 0.325 e. The maximum absolute atomic E-state index is 12.6. The third-order valence-electron chi connectivity index (χ3n) is 3.97. The summed E-state index contributed by atoms with van der Waals surface area (Å²) >= 11 is 0. The summed E-state index contributed by atoms with van der Waals surface area (Å²) in [5.74, 6) is -3.03. The minimum atomic E-state index is -1.18. The molecule has 27 heavy (non-hydrogen) atoms. The molecule has 3 amide bonds. The summed E-state index contributed by atoms with van der Waals surface area (Å²) in [6.07, 6.45) is 1.53. The Balaban J connectivity index is 5.18. The van der Waals surface area contributed by atoms with Crippen LogP contribution in [0.25, 0.3) is 0 Å². The van der Waals surface area contributed by atoms with Gasteiger partial charge in [-0.2, -0.15) is 0 Å². The quantitative estimate of drug-likeness (QED) is 0.225. The van der Waals surface area contributed by atoms with Crippen molar-refractivity contribution in [3.8, 4) is 0 Å². The lowest BCUT2D eigenvalue weighted by Crippen LogP contribution is -2.58. The van der Waals surface area contributed by atoms with Gasteiger partial charge in [-0.25, -0.2) is 0 Å². The highest BCUT2D eigenvalue weighted by atomic mass is 16.4. The Labute approximate surface area is 159 Å². The van der Waals surface area contributed by atoms with E-state index in [0.717, 1.165) is 0 Å². The first-order valence-corrected chi connectivity index (χ1v) is 9.10. The number of unbranched alkanes of at least 4 members (excludes halogenated alkanes) is 1. The molecule has 0 fully saturated rings. The van der Waals surface area contributed by atoms with Crippen LogP contribution >= 0.6 is 0 Å². The van der Waals surface area contributed by atoms with Gasteiger partial charge in [-0.3, -0.25) is 19.2 Å². The number of aliphatic carboxylic acids is 1. The van der Waals surface area contributed by atoms with Crippen molar-refractivity contribution in [1.29, 1.82) is 0 Å². The highest BCUT2D eigenvalue weighted by Crippen LogP contribution is 2.06. The van der Waals surface area contributed by atoms with Gasteiger partial charge in [0.1, 0.15) is 18.1 Å². The summed E-state index contributed by atoms with van der Waals surface area (Å²) in [4.78, 5) is 47.8. The lowest BCUT2D eigenvalue weighted by molar-refractivity contribution is -0.141. The second kappa shape index (κ2) is 12.2. The van der Waals surface area contributed by atoms with E-state index >= 15 is 0 Å². The van der Waals surface area contributed by atoms with Crippen molar-refractivity contribution >= 4 is 23.7 Å². The van der Waals surface area contributed by atoms with Gasteiger partial charge in [0.05, 0.1) is 6.04 Å². The molecule has 0 aliphatic heterocycles. The zero-order chi connectivity index (χ0) is 21.1. The van der Waals surface area contributed by atoms with E-state index < -0.39 is 47.9 Å². The second-order valence-electron chi connectivity index (χ2n) is 6.93. The SMILES string of the molecule is CC(N)C(=O)NC(C(=O)NC(CCCCN)C(=O)NC(C)C(=O)O)C(C)C. The van der Waals surface area contributed by atoms with E-state index in [-0.39, 0.29) is 5.92 Å². The number of amides is 3. The fraction of sp³-hybridized carbons (Fsp3) is 0.765. The minimum Gasteiger partial charge on any atom is -0.480 e. The van der Waals surface area contributed by atoms with Gasteiger partial charge in [0.2, 0.25) is 17.7 Å². The average Bonchev–Trinajstić information content (AvgIpc) is 2.57. The summed E-state index contributed by atoms with van der Waals surface area (Å²) in [5.41, 5.74) is 11.0. The Morgan fingerprint density at radius 2 is 1.48 bits per heavy atom. The molecule has 10 nitrogen and oxygen atoms in total. The molecule has 0 aliphatic rings. The third kappa shape index (κ3) is 9.34. The number of carbonyl (C=O) groups excluding carboxylic acids is 3. The number of carboxylic acid groups (broad SMARTS) is 1. The third-order valence-corrected chi connectivity index (χ3v) is 3.97. The van der Waals surface area contributed by atoms with E-state index in [4.69, 9.17) is 16.6 Å². The van der Waals surface area contributed by atoms with Crippen LogP contribution in [0.3, 0.4) is 0 Å². The van der Waals surface area contributed by atoms with Crippen molar-refractivity contribution in [2.45, 2.75) is 71.1 Å². The van der Waals surface area contributed by atoms with Crippen molar-refractivity contribution in [3.63, 3.8) is 0 Å². The molecule has 156 valence electrons. The normalized spacial score (nSPS) is 15.4. The molecular weight excluding hydrogens is 354 g/mol. The van der Waals surface area contributed by atoms with Crippen LogP contribution in [0, 0.1) is 5.92 Å². The summed E-state index contributed by atoms with van der Waals surface area (Å²) in [7, 11) is 0. The molecule has 0 heterocycles. The van der Waals surface area contributed by atoms with Crippen LogP contribution in [-0.4, -0.2) is 59.5 Å². The molecule has 8 N–H and O–H groups in total. The standard InChI is InChI=1S/C17H33N5O5/c1-9(2)13(22-14(23)10(3)19)16(25)21-12(7-5-6-8-18)15(24)20-11(4)17(26)27/h9-13H,5-8,18-19H2,1-4H3,(H,20,24)(H,21,25)(H,22,23)(H,26,27). The van der Waals surface area contributed by atoms with Crippen LogP contribution in [0.1, 0.15) is 47.0 Å². The number of nitrogens with one attached hydrogen (secondary N) is 3. The maximum Gasteiger partial charge on any atom is 0.325 e. The maximum atomic E-state index is 12.6. The van der Waals surface area contributed by atoms with Gasteiger partial charge in [0.15, 0.2) is 0 Å². The van der Waals surface area contributed by atoms with Gasteiger partial charge >= 0.3 is 5.97 Å². The lowest BCUT2D eigenvalue weighted by Gasteiger charge is -2.26. The molecule has 0 aromatic rings. The number of carbonyl (C=O) groups is 4. The van der Waals surface area contributed by atoms with Gasteiger partial charge in [-0.05, 0) is 45.6 Å². The monoisotopic (exact) mass is 387 g/mol. The van der Waals surface area contributed by atoms with E-state index in [1.54, 1.807) is 13.8 Å². The Bertz CT molecular complexity index is 524. The number of rotatable bonds is 12. The largest absolute Gasteiger partial charge is 0.480 e. The van der Waals surface area contributed by atoms with Crippen LogP contribution in [0.2, 0.25) is 0 Å². The van der Waals surface area contributed by atoms with Crippen molar-refractivity contribution < 1.29 is 24.3 Å². The van der Waals surface area contributed by atoms with Crippen molar-refractivity contribution in [2.24, 2.45) is 17.4 Å². The van der Waals surface area contributed by atoms with E-state index in [0.29, 0.717) is 25.8 Å². The van der Waals surface area contributed by atoms with Gasteiger partial charge < -0.3 is 32.5 Å². The number of nitrogens with two attached hydrogens (primary N) is 2. The van der Waals surface area contributed by atoms with Crippen LogP contribution in [0.15, 0.2) is 0 Å². The second-order valence-corrected chi connectivity index (χ2v) is 6.93. The van der Waals surface area contributed by atoms with E-state index in [1.807, 2.05) is 0 Å². The highest BCUT2D eigenvalue weighted by Gasteiger charge is 2.30. The first-order chi connectivity index (χ1) is 12.5. The minimum absolute atomic E-state index is 0.238. The zero-order valence-electron chi connectivity index (χ0n) is 16.5. The molecule has 0 spiro atoms. The molecule has 0 bridgehead atoms. The molecule has 0 rings (SSSR count). The summed E-state index contributed by atoms with van der Waals surface area (Å²) in [6.45, 7) is 6.77. The van der Waals surface area contributed by atoms with Gasteiger partial charge in [-0.1, -0.05) is 13.8 Å². The van der Waals surface area contributed by atoms with Crippen LogP contribution < -0.4 is 27.4 Å². The Kier molecular flexibility index (Phi) is 11.2. The molecule has 0 aromatic carbocycles. The lowest BCUT2D eigenvalue weighted by atomic mass is 10.0. The van der Waals surface area contributed by atoms with Crippen LogP contribution in [-0.2, 0) is 19.2 Å². The first-order valence-electron chi connectivity index (χ1n) is 9.10. The van der Waals surface area contributed by atoms with Crippen molar-refractivity contribution in [3.05, 3.63) is 0 Å². The number of hydrogen-bond donors (Lipinski definition) is 6. The van der Waals surface area contributed by atoms with Gasteiger partial charge in [0, 0.05) is 0 Å². The summed E-state index contributed by atoms with van der Waals surface area (Å²) < 4.78 is 0. The molecule has 0 saturated heterocycles. The van der Waals surface area contributed by atoms with E-state index in [9.17, 15) is 19.2 Å². The Morgan fingerprint density at radius 1 is 0.889 bits per heavy atom. The molecule has 4 atom stereocenters. The molecule has 0 radical (unpaired) electrons. The highest BCUT2D eigenvalue weighted by molar-refractivity contribution is 5.94. The summed E-state index contributed by atoms with van der Waals surface area (Å²) in [6, 6.07) is -3.67. The van der Waals surface area contributed by atoms with Crippen molar-refractivity contribution in [1.82, 2.24) is 16.0 Å². The predicted molar refractivity (Wildman–Crippen MR) is 100 cm³/mol. The molecule has 0 saturated carbocycles. The van der Waals surface area contributed by atoms with Crippen LogP contribution in [0.4, 0.5) is 0 Å².